The molecule has 0 spiro atoms. The number of hydrogen-bond acceptors (Lipinski definition) is 10. The summed E-state index contributed by atoms with van der Waals surface area (Å²) in [5, 5.41) is 72.4. The van der Waals surface area contributed by atoms with Crippen LogP contribution in [0.25, 0.3) is 0 Å². The number of aliphatic hydroxyl groups is 7. The molecular weight excluding hydrogens is 483 g/mol. The maximum atomic E-state index is 12.8. The topological polar surface area (TPSA) is 189 Å². The van der Waals surface area contributed by atoms with E-state index in [-0.39, 0.29) is 12.0 Å². The van der Waals surface area contributed by atoms with E-state index in [9.17, 15) is 53.7 Å². The van der Waals surface area contributed by atoms with Crippen molar-refractivity contribution in [2.24, 2.45) is 5.92 Å². The molecule has 1 unspecified atom stereocenters. The number of carbonyl (C=O) groups excluding carboxylic acids is 1. The summed E-state index contributed by atoms with van der Waals surface area (Å²) in [5.74, 6) is -1.83. The van der Waals surface area contributed by atoms with Crippen LogP contribution in [0.1, 0.15) is 22.3 Å². The van der Waals surface area contributed by atoms with Crippen molar-refractivity contribution in [2.75, 3.05) is 13.2 Å². The van der Waals surface area contributed by atoms with Crippen molar-refractivity contribution in [1.82, 2.24) is 5.32 Å². The lowest BCUT2D eigenvalue weighted by atomic mass is 9.81. The maximum Gasteiger partial charge on any atom is 0.416 e. The minimum atomic E-state index is -4.61. The predicted molar refractivity (Wildman–Crippen MR) is 109 cm³/mol. The lowest BCUT2D eigenvalue weighted by Crippen LogP contribution is -2.66. The number of alkyl halides is 3. The first-order valence-corrected chi connectivity index (χ1v) is 10.8. The molecule has 10 atom stereocenters. The van der Waals surface area contributed by atoms with Crippen LogP contribution in [0.5, 0.6) is 0 Å². The summed E-state index contributed by atoms with van der Waals surface area (Å²) < 4.78 is 49.5. The first-order valence-electron chi connectivity index (χ1n) is 10.8. The molecule has 0 aromatic heterocycles. The molecule has 2 aliphatic rings. The van der Waals surface area contributed by atoms with Crippen LogP contribution in [0, 0.1) is 5.92 Å². The summed E-state index contributed by atoms with van der Waals surface area (Å²) in [6, 6.07) is 1.67. The second-order valence-corrected chi connectivity index (χ2v) is 8.61. The van der Waals surface area contributed by atoms with Crippen LogP contribution in [0.3, 0.4) is 0 Å². The third-order valence-corrected chi connectivity index (χ3v) is 6.30. The number of nitrogens with one attached hydrogen (secondary N) is 1. The zero-order chi connectivity index (χ0) is 26.1. The van der Waals surface area contributed by atoms with E-state index in [1.165, 1.54) is 0 Å². The van der Waals surface area contributed by atoms with Gasteiger partial charge in [0.2, 0.25) is 0 Å². The van der Waals surface area contributed by atoms with Crippen LogP contribution < -0.4 is 5.32 Å². The largest absolute Gasteiger partial charge is 0.416 e. The average Bonchev–Trinajstić information content (AvgIpc) is 2.83. The Morgan fingerprint density at radius 3 is 2.11 bits per heavy atom. The number of ether oxygens (including phenoxy) is 2. The lowest BCUT2D eigenvalue weighted by molar-refractivity contribution is -0.301. The Labute approximate surface area is 197 Å². The van der Waals surface area contributed by atoms with Crippen molar-refractivity contribution >= 4 is 5.91 Å². The van der Waals surface area contributed by atoms with Gasteiger partial charge in [0.25, 0.3) is 5.91 Å². The zero-order valence-corrected chi connectivity index (χ0v) is 18.2. The minimum Gasteiger partial charge on any atom is -0.396 e. The Morgan fingerprint density at radius 2 is 1.57 bits per heavy atom. The molecule has 198 valence electrons. The Hall–Kier alpha value is -1.88. The van der Waals surface area contributed by atoms with Gasteiger partial charge >= 0.3 is 6.18 Å². The van der Waals surface area contributed by atoms with E-state index in [1.807, 2.05) is 0 Å². The summed E-state index contributed by atoms with van der Waals surface area (Å²) >= 11 is 0. The summed E-state index contributed by atoms with van der Waals surface area (Å²) in [7, 11) is 0. The highest BCUT2D eigenvalue weighted by Crippen LogP contribution is 2.32. The van der Waals surface area contributed by atoms with Gasteiger partial charge in [-0.3, -0.25) is 4.79 Å². The zero-order valence-electron chi connectivity index (χ0n) is 18.2. The van der Waals surface area contributed by atoms with Crippen LogP contribution in [0.4, 0.5) is 13.2 Å². The third-order valence-electron chi connectivity index (χ3n) is 6.30. The smallest absolute Gasteiger partial charge is 0.396 e. The number of hydrogen-bond donors (Lipinski definition) is 8. The molecule has 11 nitrogen and oxygen atoms in total. The van der Waals surface area contributed by atoms with Crippen LogP contribution in [-0.4, -0.2) is 110 Å². The van der Waals surface area contributed by atoms with Crippen molar-refractivity contribution in [2.45, 2.75) is 67.7 Å². The molecule has 1 aromatic rings. The van der Waals surface area contributed by atoms with Gasteiger partial charge in [0.1, 0.15) is 36.6 Å². The van der Waals surface area contributed by atoms with Gasteiger partial charge in [-0.2, -0.15) is 13.2 Å². The molecule has 0 radical (unpaired) electrons. The van der Waals surface area contributed by atoms with E-state index < -0.39 is 91.8 Å². The molecule has 0 bridgehead atoms. The second kappa shape index (κ2) is 11.0. The van der Waals surface area contributed by atoms with Gasteiger partial charge in [0.15, 0.2) is 6.29 Å². The van der Waals surface area contributed by atoms with E-state index in [4.69, 9.17) is 9.47 Å². The molecule has 3 rings (SSSR count). The summed E-state index contributed by atoms with van der Waals surface area (Å²) in [4.78, 5) is 12.7. The van der Waals surface area contributed by atoms with Crippen LogP contribution in [0.2, 0.25) is 0 Å². The fraction of sp³-hybridized carbons (Fsp3) is 0.667. The highest BCUT2D eigenvalue weighted by atomic mass is 19.4. The molecular formula is C21H28F3NO10. The highest BCUT2D eigenvalue weighted by Gasteiger charge is 2.49. The van der Waals surface area contributed by atoms with Crippen LogP contribution in [0.15, 0.2) is 24.3 Å². The molecule has 1 aromatic carbocycles. The molecule has 1 aliphatic carbocycles. The predicted octanol–water partition coefficient (Wildman–Crippen LogP) is -2.28. The third kappa shape index (κ3) is 5.93. The second-order valence-electron chi connectivity index (χ2n) is 8.61. The number of rotatable bonds is 6. The summed E-state index contributed by atoms with van der Waals surface area (Å²) in [6.45, 7) is -1.31. The van der Waals surface area contributed by atoms with Crippen LogP contribution in [-0.2, 0) is 15.7 Å². The normalized spacial score (nSPS) is 38.2. The van der Waals surface area contributed by atoms with Crippen molar-refractivity contribution in [3.05, 3.63) is 35.4 Å². The van der Waals surface area contributed by atoms with Gasteiger partial charge in [0, 0.05) is 18.1 Å². The molecule has 8 N–H and O–H groups in total. The van der Waals surface area contributed by atoms with Crippen LogP contribution >= 0.6 is 0 Å². The van der Waals surface area contributed by atoms with Gasteiger partial charge in [-0.1, -0.05) is 0 Å². The average molecular weight is 511 g/mol. The van der Waals surface area contributed by atoms with E-state index in [1.54, 1.807) is 0 Å². The van der Waals surface area contributed by atoms with Gasteiger partial charge < -0.3 is 50.5 Å². The molecule has 1 saturated carbocycles. The number of aliphatic hydroxyl groups excluding tert-OH is 7. The fourth-order valence-corrected chi connectivity index (χ4v) is 4.17. The minimum absolute atomic E-state index is 0.155. The molecule has 1 aliphatic heterocycles. The first-order chi connectivity index (χ1) is 16.4. The van der Waals surface area contributed by atoms with E-state index >= 15 is 0 Å². The fourth-order valence-electron chi connectivity index (χ4n) is 4.17. The Morgan fingerprint density at radius 1 is 0.943 bits per heavy atom. The first kappa shape index (κ1) is 27.7. The van der Waals surface area contributed by atoms with Gasteiger partial charge in [-0.15, -0.1) is 0 Å². The molecule has 14 heteroatoms. The molecule has 2 fully saturated rings. The standard InChI is InChI=1S/C21H28F3NO10/c22-21(23,24)10-3-1-8(2-4-10)19(33)25-13-17(31)16(30)12(7-27)35-20(13)34-11-5-9(6-26)14(28)18(32)15(11)29/h1-4,9,11-18,20,26-32H,5-7H2,(H,25,33)/t9-,11?,12-,13-,14-,15+,16-,17-,18-,20+/m1/s1. The maximum absolute atomic E-state index is 12.8. The lowest BCUT2D eigenvalue weighted by Gasteiger charge is -2.46. The molecule has 1 heterocycles. The molecule has 1 amide bonds. The van der Waals surface area contributed by atoms with Crippen molar-refractivity contribution in [1.29, 1.82) is 0 Å². The number of carbonyl (C=O) groups is 1. The SMILES string of the molecule is O=C(N[C@H]1[C@@H](OC2C[C@H](CO)[C@@H](O)[C@@H](O)[C@H]2O)O[C@H](CO)[C@@H](O)[C@@H]1O)c1ccc(C(F)(F)F)cc1. The monoisotopic (exact) mass is 511 g/mol. The number of halogens is 3. The number of benzene rings is 1. The van der Waals surface area contributed by atoms with Crippen molar-refractivity contribution < 1.29 is 63.2 Å². The molecule has 35 heavy (non-hydrogen) atoms. The highest BCUT2D eigenvalue weighted by molar-refractivity contribution is 5.94. The summed E-state index contributed by atoms with van der Waals surface area (Å²) in [6.07, 6.45) is -17.3. The van der Waals surface area contributed by atoms with Gasteiger partial charge in [-0.05, 0) is 30.7 Å². The Bertz CT molecular complexity index is 855. The van der Waals surface area contributed by atoms with E-state index in [0.29, 0.717) is 12.1 Å². The van der Waals surface area contributed by atoms with E-state index in [2.05, 4.69) is 5.32 Å². The Balaban J connectivity index is 1.81. The summed E-state index contributed by atoms with van der Waals surface area (Å²) in [5.41, 5.74) is -1.19. The quantitative estimate of drug-likeness (QED) is 0.207. The molecule has 1 saturated heterocycles. The Kier molecular flexibility index (Phi) is 8.73. The van der Waals surface area contributed by atoms with Gasteiger partial charge in [0.05, 0.1) is 24.4 Å². The van der Waals surface area contributed by atoms with Crippen molar-refractivity contribution in [3.63, 3.8) is 0 Å². The van der Waals surface area contributed by atoms with Crippen molar-refractivity contribution in [3.8, 4) is 0 Å². The van der Waals surface area contributed by atoms with E-state index in [0.717, 1.165) is 12.1 Å². The van der Waals surface area contributed by atoms with Gasteiger partial charge in [-0.25, -0.2) is 0 Å². The number of amides is 1.